The molecule has 1 fully saturated rings. The summed E-state index contributed by atoms with van der Waals surface area (Å²) in [6.07, 6.45) is 7.06. The Hall–Kier alpha value is -2.64. The Morgan fingerprint density at radius 3 is 2.57 bits per heavy atom. The van der Waals surface area contributed by atoms with Crippen LogP contribution < -0.4 is 5.32 Å². The number of nitrogens with one attached hydrogen (secondary N) is 1. The molecule has 6 nitrogen and oxygen atoms in total. The fraction of sp³-hybridized carbons (Fsp3) is 0.464. The number of likely N-dealkylation sites (tertiary alicyclic amines) is 1. The molecule has 3 aromatic rings. The highest BCUT2D eigenvalue weighted by atomic mass is 32.2. The molecular weight excluding hydrogens is 454 g/mol. The summed E-state index contributed by atoms with van der Waals surface area (Å²) in [5.41, 5.74) is 2.27. The predicted octanol–water partition coefficient (Wildman–Crippen LogP) is 5.11. The van der Waals surface area contributed by atoms with Gasteiger partial charge >= 0.3 is 0 Å². The third-order valence-corrected chi connectivity index (χ3v) is 7.60. The zero-order chi connectivity index (χ0) is 24.3. The minimum atomic E-state index is 0.145. The minimum absolute atomic E-state index is 0.145. The Kier molecular flexibility index (Phi) is 9.78. The second-order valence-electron chi connectivity index (χ2n) is 9.27. The van der Waals surface area contributed by atoms with Crippen LogP contribution in [0.4, 0.5) is 0 Å². The number of hydrogen-bond donors (Lipinski definition) is 1. The quantitative estimate of drug-likeness (QED) is 0.282. The topological polar surface area (TPSA) is 63.1 Å². The van der Waals surface area contributed by atoms with Crippen LogP contribution in [-0.2, 0) is 11.2 Å². The van der Waals surface area contributed by atoms with Gasteiger partial charge in [-0.05, 0) is 56.8 Å². The molecule has 1 amide bonds. The van der Waals surface area contributed by atoms with Crippen LogP contribution in [-0.4, -0.2) is 57.0 Å². The summed E-state index contributed by atoms with van der Waals surface area (Å²) >= 11 is 1.67. The minimum Gasteiger partial charge on any atom is -0.356 e. The van der Waals surface area contributed by atoms with Crippen LogP contribution in [0.2, 0.25) is 0 Å². The van der Waals surface area contributed by atoms with Gasteiger partial charge in [0.15, 0.2) is 5.16 Å². The van der Waals surface area contributed by atoms with Gasteiger partial charge in [-0.1, -0.05) is 66.7 Å². The van der Waals surface area contributed by atoms with Crippen molar-refractivity contribution in [2.24, 2.45) is 0 Å². The maximum absolute atomic E-state index is 12.3. The SMILES string of the molecule is CC1CCCCN1CCCNC(=O)CCCSc1nnc(Cc2ccccc2)n1-c1ccccc1. The van der Waals surface area contributed by atoms with Crippen LogP contribution in [0.1, 0.15) is 56.8 Å². The Morgan fingerprint density at radius 1 is 1.03 bits per heavy atom. The molecule has 0 aliphatic carbocycles. The van der Waals surface area contributed by atoms with E-state index in [9.17, 15) is 4.79 Å². The smallest absolute Gasteiger partial charge is 0.220 e. The molecule has 1 aromatic heterocycles. The summed E-state index contributed by atoms with van der Waals surface area (Å²) < 4.78 is 2.14. The number of nitrogens with zero attached hydrogens (tertiary/aromatic N) is 4. The van der Waals surface area contributed by atoms with E-state index in [0.29, 0.717) is 12.5 Å². The van der Waals surface area contributed by atoms with Gasteiger partial charge in [-0.2, -0.15) is 0 Å². The lowest BCUT2D eigenvalue weighted by atomic mass is 10.0. The highest BCUT2D eigenvalue weighted by Crippen LogP contribution is 2.24. The maximum atomic E-state index is 12.3. The van der Waals surface area contributed by atoms with Crippen LogP contribution in [0.25, 0.3) is 5.69 Å². The van der Waals surface area contributed by atoms with Gasteiger partial charge in [-0.3, -0.25) is 9.36 Å². The number of carbonyl (C=O) groups is 1. The summed E-state index contributed by atoms with van der Waals surface area (Å²) in [7, 11) is 0. The molecule has 7 heteroatoms. The van der Waals surface area contributed by atoms with Gasteiger partial charge in [-0.15, -0.1) is 10.2 Å². The number of benzene rings is 2. The summed E-state index contributed by atoms with van der Waals surface area (Å²) in [5.74, 6) is 1.90. The average molecular weight is 492 g/mol. The molecule has 0 bridgehead atoms. The first-order chi connectivity index (χ1) is 17.2. The highest BCUT2D eigenvalue weighted by Gasteiger charge is 2.17. The first-order valence-electron chi connectivity index (χ1n) is 12.9. The second-order valence-corrected chi connectivity index (χ2v) is 10.3. The Morgan fingerprint density at radius 2 is 1.80 bits per heavy atom. The third kappa shape index (κ3) is 7.67. The van der Waals surface area contributed by atoms with Crippen LogP contribution in [0, 0.1) is 0 Å². The number of aromatic nitrogens is 3. The number of thioether (sulfide) groups is 1. The standard InChI is InChI=1S/C28H37N5OS/c1-23-12-8-9-19-32(23)20-11-18-29-27(34)17-10-21-35-28-31-30-26(22-24-13-4-2-5-14-24)33(28)25-15-6-3-7-16-25/h2-7,13-16,23H,8-12,17-22H2,1H3,(H,29,34). The van der Waals surface area contributed by atoms with Crippen molar-refractivity contribution in [3.8, 4) is 5.69 Å². The van der Waals surface area contributed by atoms with E-state index in [1.54, 1.807) is 11.8 Å². The van der Waals surface area contributed by atoms with E-state index in [1.807, 2.05) is 36.4 Å². The van der Waals surface area contributed by atoms with Gasteiger partial charge in [0.05, 0.1) is 0 Å². The largest absolute Gasteiger partial charge is 0.356 e. The first-order valence-corrected chi connectivity index (χ1v) is 13.9. The maximum Gasteiger partial charge on any atom is 0.220 e. The van der Waals surface area contributed by atoms with Gasteiger partial charge in [-0.25, -0.2) is 0 Å². The van der Waals surface area contributed by atoms with Crippen molar-refractivity contribution in [2.45, 2.75) is 63.1 Å². The van der Waals surface area contributed by atoms with Crippen LogP contribution in [0.15, 0.2) is 65.8 Å². The van der Waals surface area contributed by atoms with E-state index in [1.165, 1.54) is 31.4 Å². The van der Waals surface area contributed by atoms with E-state index in [0.717, 1.165) is 54.8 Å². The fourth-order valence-electron chi connectivity index (χ4n) is 4.61. The lowest BCUT2D eigenvalue weighted by Gasteiger charge is -2.33. The molecule has 0 radical (unpaired) electrons. The van der Waals surface area contributed by atoms with E-state index in [2.05, 4.69) is 56.2 Å². The molecule has 1 aliphatic rings. The van der Waals surface area contributed by atoms with E-state index < -0.39 is 0 Å². The Labute approximate surface area is 213 Å². The number of carbonyl (C=O) groups excluding carboxylic acids is 1. The van der Waals surface area contributed by atoms with Crippen LogP contribution >= 0.6 is 11.8 Å². The van der Waals surface area contributed by atoms with E-state index >= 15 is 0 Å². The number of piperidine rings is 1. The molecule has 2 heterocycles. The molecule has 1 atom stereocenters. The zero-order valence-electron chi connectivity index (χ0n) is 20.7. The fourth-order valence-corrected chi connectivity index (χ4v) is 5.52. The molecule has 1 saturated heterocycles. The van der Waals surface area contributed by atoms with Crippen LogP contribution in [0.3, 0.4) is 0 Å². The second kappa shape index (κ2) is 13.4. The lowest BCUT2D eigenvalue weighted by Crippen LogP contribution is -2.39. The van der Waals surface area contributed by atoms with Gasteiger partial charge < -0.3 is 10.2 Å². The van der Waals surface area contributed by atoms with Gasteiger partial charge in [0.2, 0.25) is 5.91 Å². The van der Waals surface area contributed by atoms with Crippen molar-refractivity contribution in [2.75, 3.05) is 25.4 Å². The normalized spacial score (nSPS) is 16.3. The summed E-state index contributed by atoms with van der Waals surface area (Å²) in [5, 5.41) is 13.0. The summed E-state index contributed by atoms with van der Waals surface area (Å²) in [4.78, 5) is 14.9. The molecule has 4 rings (SSSR count). The molecule has 1 unspecified atom stereocenters. The lowest BCUT2D eigenvalue weighted by molar-refractivity contribution is -0.121. The van der Waals surface area contributed by atoms with Gasteiger partial charge in [0.1, 0.15) is 5.82 Å². The number of rotatable bonds is 12. The zero-order valence-corrected chi connectivity index (χ0v) is 21.6. The molecule has 186 valence electrons. The average Bonchev–Trinajstić information content (AvgIpc) is 3.28. The monoisotopic (exact) mass is 491 g/mol. The number of amides is 1. The van der Waals surface area contributed by atoms with Gasteiger partial charge in [0, 0.05) is 43.4 Å². The molecular formula is C28H37N5OS. The molecule has 2 aromatic carbocycles. The summed E-state index contributed by atoms with van der Waals surface area (Å²) in [6.45, 7) is 5.36. The van der Waals surface area contributed by atoms with Crippen molar-refractivity contribution in [1.82, 2.24) is 25.0 Å². The molecule has 1 aliphatic heterocycles. The van der Waals surface area contributed by atoms with Crippen LogP contribution in [0.5, 0.6) is 0 Å². The van der Waals surface area contributed by atoms with Crippen molar-refractivity contribution >= 4 is 17.7 Å². The van der Waals surface area contributed by atoms with Gasteiger partial charge in [0.25, 0.3) is 0 Å². The molecule has 1 N–H and O–H groups in total. The van der Waals surface area contributed by atoms with Crippen molar-refractivity contribution in [3.63, 3.8) is 0 Å². The Balaban J connectivity index is 1.23. The highest BCUT2D eigenvalue weighted by molar-refractivity contribution is 7.99. The molecule has 35 heavy (non-hydrogen) atoms. The van der Waals surface area contributed by atoms with E-state index in [4.69, 9.17) is 0 Å². The number of hydrogen-bond acceptors (Lipinski definition) is 5. The van der Waals surface area contributed by atoms with Crippen molar-refractivity contribution < 1.29 is 4.79 Å². The Bertz CT molecular complexity index is 1040. The first kappa shape index (κ1) is 25.5. The third-order valence-electron chi connectivity index (χ3n) is 6.58. The predicted molar refractivity (Wildman–Crippen MR) is 143 cm³/mol. The molecule has 0 saturated carbocycles. The van der Waals surface area contributed by atoms with Crippen molar-refractivity contribution in [3.05, 3.63) is 72.1 Å². The summed E-state index contributed by atoms with van der Waals surface area (Å²) in [6, 6.07) is 21.3. The van der Waals surface area contributed by atoms with Crippen molar-refractivity contribution in [1.29, 1.82) is 0 Å². The van der Waals surface area contributed by atoms with E-state index in [-0.39, 0.29) is 5.91 Å². The number of para-hydroxylation sites is 1. The molecule has 0 spiro atoms.